The van der Waals surface area contributed by atoms with Crippen molar-refractivity contribution in [1.82, 2.24) is 0 Å². The number of carbonyl (C=O) groups excluding carboxylic acids is 2. The van der Waals surface area contributed by atoms with Gasteiger partial charge in [-0.3, -0.25) is 9.59 Å². The maximum absolute atomic E-state index is 11.3. The number of benzene rings is 1. The number of phenols is 1. The van der Waals surface area contributed by atoms with E-state index in [-0.39, 0.29) is 11.3 Å². The second-order valence-electron chi connectivity index (χ2n) is 3.34. The lowest BCUT2D eigenvalue weighted by Crippen LogP contribution is -2.41. The molecule has 0 saturated carbocycles. The number of para-hydroxylation sites is 1. The Labute approximate surface area is 87.2 Å². The van der Waals surface area contributed by atoms with Crippen LogP contribution in [0, 0.1) is 0 Å². The van der Waals surface area contributed by atoms with E-state index in [1.807, 2.05) is 0 Å². The van der Waals surface area contributed by atoms with E-state index in [1.165, 1.54) is 18.2 Å². The normalized spacial score (nSPS) is 11.1. The van der Waals surface area contributed by atoms with Crippen molar-refractivity contribution in [3.63, 3.8) is 0 Å². The molecule has 0 fully saturated rings. The second-order valence-corrected chi connectivity index (χ2v) is 3.34. The van der Waals surface area contributed by atoms with Gasteiger partial charge < -0.3 is 10.2 Å². The van der Waals surface area contributed by atoms with Gasteiger partial charge in [-0.05, 0) is 19.9 Å². The Balaban J connectivity index is 3.41. The molecule has 15 heavy (non-hydrogen) atoms. The smallest absolute Gasteiger partial charge is 0.210 e. The summed E-state index contributed by atoms with van der Waals surface area (Å²) in [5.41, 5.74) is -2.32. The highest BCUT2D eigenvalue weighted by Gasteiger charge is 2.41. The van der Waals surface area contributed by atoms with Crippen molar-refractivity contribution < 1.29 is 19.8 Å². The predicted molar refractivity (Wildman–Crippen MR) is 53.4 cm³/mol. The first-order valence-electron chi connectivity index (χ1n) is 4.43. The fourth-order valence-electron chi connectivity index (χ4n) is 1.41. The molecule has 4 heteroatoms. The quantitative estimate of drug-likeness (QED) is 0.719. The number of carbonyl (C=O) groups is 2. The highest BCUT2D eigenvalue weighted by Crippen LogP contribution is 2.30. The van der Waals surface area contributed by atoms with Gasteiger partial charge in [-0.15, -0.1) is 0 Å². The Morgan fingerprint density at radius 3 is 2.00 bits per heavy atom. The van der Waals surface area contributed by atoms with Crippen molar-refractivity contribution in [1.29, 1.82) is 0 Å². The molecule has 0 aliphatic rings. The second kappa shape index (κ2) is 3.82. The van der Waals surface area contributed by atoms with Crippen LogP contribution in [0.2, 0.25) is 0 Å². The molecule has 0 atom stereocenters. The molecule has 0 saturated heterocycles. The van der Waals surface area contributed by atoms with Crippen LogP contribution in [0.15, 0.2) is 24.3 Å². The van der Waals surface area contributed by atoms with Crippen molar-refractivity contribution in [2.24, 2.45) is 0 Å². The SMILES string of the molecule is CC(=O)C(O)(C(C)=O)c1ccccc1O. The van der Waals surface area contributed by atoms with Gasteiger partial charge in [-0.25, -0.2) is 0 Å². The van der Waals surface area contributed by atoms with E-state index in [4.69, 9.17) is 0 Å². The van der Waals surface area contributed by atoms with Crippen LogP contribution in [-0.2, 0) is 15.2 Å². The van der Waals surface area contributed by atoms with Crippen molar-refractivity contribution in [3.8, 4) is 5.75 Å². The average Bonchev–Trinajstić information content (AvgIpc) is 2.16. The lowest BCUT2D eigenvalue weighted by Gasteiger charge is -2.23. The topological polar surface area (TPSA) is 74.6 Å². The Bertz CT molecular complexity index is 395. The molecular weight excluding hydrogens is 196 g/mol. The first-order chi connectivity index (χ1) is 6.90. The third kappa shape index (κ3) is 1.76. The van der Waals surface area contributed by atoms with Gasteiger partial charge in [-0.1, -0.05) is 18.2 Å². The summed E-state index contributed by atoms with van der Waals surface area (Å²) in [5.74, 6) is -1.70. The van der Waals surface area contributed by atoms with E-state index in [0.717, 1.165) is 13.8 Å². The van der Waals surface area contributed by atoms with Crippen LogP contribution in [0.1, 0.15) is 19.4 Å². The zero-order valence-corrected chi connectivity index (χ0v) is 8.52. The van der Waals surface area contributed by atoms with E-state index >= 15 is 0 Å². The molecule has 0 spiro atoms. The number of phenolic OH excluding ortho intramolecular Hbond substituents is 1. The first kappa shape index (κ1) is 11.4. The number of rotatable bonds is 3. The van der Waals surface area contributed by atoms with Crippen LogP contribution in [0.3, 0.4) is 0 Å². The largest absolute Gasteiger partial charge is 0.508 e. The number of ketones is 2. The van der Waals surface area contributed by atoms with E-state index in [1.54, 1.807) is 6.07 Å². The summed E-state index contributed by atoms with van der Waals surface area (Å²) in [7, 11) is 0. The van der Waals surface area contributed by atoms with Gasteiger partial charge in [-0.2, -0.15) is 0 Å². The standard InChI is InChI=1S/C11H12O4/c1-7(12)11(15,8(2)13)9-5-3-4-6-10(9)14/h3-6,14-15H,1-2H3. The Hall–Kier alpha value is -1.68. The molecule has 1 rings (SSSR count). The molecular formula is C11H12O4. The van der Waals surface area contributed by atoms with Crippen LogP contribution in [0.25, 0.3) is 0 Å². The fourth-order valence-corrected chi connectivity index (χ4v) is 1.41. The number of hydrogen-bond donors (Lipinski definition) is 2. The summed E-state index contributed by atoms with van der Waals surface area (Å²) in [6.07, 6.45) is 0. The van der Waals surface area contributed by atoms with Crippen LogP contribution in [-0.4, -0.2) is 21.8 Å². The van der Waals surface area contributed by atoms with E-state index in [0.29, 0.717) is 0 Å². The van der Waals surface area contributed by atoms with E-state index in [2.05, 4.69) is 0 Å². The number of hydrogen-bond acceptors (Lipinski definition) is 4. The van der Waals surface area contributed by atoms with Crippen molar-refractivity contribution in [3.05, 3.63) is 29.8 Å². The Kier molecular flexibility index (Phi) is 2.90. The molecule has 0 aliphatic heterocycles. The molecule has 0 aromatic heterocycles. The van der Waals surface area contributed by atoms with Gasteiger partial charge in [0.2, 0.25) is 5.60 Å². The fraction of sp³-hybridized carbons (Fsp3) is 0.273. The van der Waals surface area contributed by atoms with Crippen LogP contribution < -0.4 is 0 Å². The van der Waals surface area contributed by atoms with Crippen molar-refractivity contribution in [2.75, 3.05) is 0 Å². The molecule has 2 N–H and O–H groups in total. The maximum Gasteiger partial charge on any atom is 0.210 e. The molecule has 1 aromatic rings. The lowest BCUT2D eigenvalue weighted by atomic mass is 9.86. The first-order valence-corrected chi connectivity index (χ1v) is 4.43. The summed E-state index contributed by atoms with van der Waals surface area (Å²) in [6, 6.07) is 5.73. The molecule has 0 unspecified atom stereocenters. The van der Waals surface area contributed by atoms with E-state index < -0.39 is 17.2 Å². The minimum atomic E-state index is -2.24. The van der Waals surface area contributed by atoms with Crippen LogP contribution in [0.4, 0.5) is 0 Å². The summed E-state index contributed by atoms with van der Waals surface area (Å²) in [4.78, 5) is 22.6. The summed E-state index contributed by atoms with van der Waals surface area (Å²) in [6.45, 7) is 2.21. The number of aromatic hydroxyl groups is 1. The molecule has 1 aromatic carbocycles. The lowest BCUT2D eigenvalue weighted by molar-refractivity contribution is -0.149. The number of aliphatic hydroxyl groups is 1. The minimum absolute atomic E-state index is 0.0787. The van der Waals surface area contributed by atoms with Crippen molar-refractivity contribution in [2.45, 2.75) is 19.4 Å². The molecule has 0 aliphatic carbocycles. The van der Waals surface area contributed by atoms with Gasteiger partial charge in [0, 0.05) is 5.56 Å². The molecule has 0 heterocycles. The Morgan fingerprint density at radius 2 is 1.60 bits per heavy atom. The van der Waals surface area contributed by atoms with Crippen LogP contribution in [0.5, 0.6) is 5.75 Å². The van der Waals surface area contributed by atoms with Gasteiger partial charge in [0.15, 0.2) is 11.6 Å². The van der Waals surface area contributed by atoms with Gasteiger partial charge in [0.25, 0.3) is 0 Å². The van der Waals surface area contributed by atoms with Crippen molar-refractivity contribution >= 4 is 11.6 Å². The maximum atomic E-state index is 11.3. The van der Waals surface area contributed by atoms with Gasteiger partial charge >= 0.3 is 0 Å². The van der Waals surface area contributed by atoms with Gasteiger partial charge in [0.1, 0.15) is 5.75 Å². The molecule has 4 nitrogen and oxygen atoms in total. The predicted octanol–water partition coefficient (Wildman–Crippen LogP) is 0.758. The zero-order valence-electron chi connectivity index (χ0n) is 8.52. The van der Waals surface area contributed by atoms with Gasteiger partial charge in [0.05, 0.1) is 0 Å². The third-order valence-corrected chi connectivity index (χ3v) is 2.31. The molecule has 0 amide bonds. The minimum Gasteiger partial charge on any atom is -0.508 e. The molecule has 80 valence electrons. The average molecular weight is 208 g/mol. The highest BCUT2D eigenvalue weighted by molar-refractivity contribution is 6.09. The summed E-state index contributed by atoms with van der Waals surface area (Å²) >= 11 is 0. The zero-order chi connectivity index (χ0) is 11.6. The third-order valence-electron chi connectivity index (χ3n) is 2.31. The summed E-state index contributed by atoms with van der Waals surface area (Å²) in [5, 5.41) is 19.4. The van der Waals surface area contributed by atoms with Crippen LogP contribution >= 0.6 is 0 Å². The molecule has 0 radical (unpaired) electrons. The molecule has 0 bridgehead atoms. The summed E-state index contributed by atoms with van der Waals surface area (Å²) < 4.78 is 0. The number of Topliss-reactive ketones (excluding diaryl/α,β-unsaturated/α-hetero) is 2. The highest BCUT2D eigenvalue weighted by atomic mass is 16.3. The monoisotopic (exact) mass is 208 g/mol. The Morgan fingerprint density at radius 1 is 1.13 bits per heavy atom. The van der Waals surface area contributed by atoms with E-state index in [9.17, 15) is 19.8 Å².